The lowest BCUT2D eigenvalue weighted by molar-refractivity contribution is -0.114. The second-order valence-electron chi connectivity index (χ2n) is 6.44. The van der Waals surface area contributed by atoms with Gasteiger partial charge in [-0.25, -0.2) is 4.98 Å². The smallest absolute Gasteiger partial charge is 0.254 e. The summed E-state index contributed by atoms with van der Waals surface area (Å²) in [7, 11) is 0. The quantitative estimate of drug-likeness (QED) is 0.755. The lowest BCUT2D eigenvalue weighted by Crippen LogP contribution is -2.30. The number of aromatic nitrogens is 1. The van der Waals surface area contributed by atoms with Gasteiger partial charge >= 0.3 is 0 Å². The van der Waals surface area contributed by atoms with Crippen LogP contribution in [0.2, 0.25) is 0 Å². The fraction of sp³-hybridized carbons (Fsp3) is 0.250. The fourth-order valence-electron chi connectivity index (χ4n) is 3.40. The van der Waals surface area contributed by atoms with E-state index in [1.165, 1.54) is 6.92 Å². The van der Waals surface area contributed by atoms with Crippen LogP contribution < -0.4 is 5.32 Å². The summed E-state index contributed by atoms with van der Waals surface area (Å²) in [4.78, 5) is 31.0. The SMILES string of the molecule is CC(=O)Nc1cccc(C(=O)N2CCC[C@@H]2c2nc3ccccc3s2)c1. The lowest BCUT2D eigenvalue weighted by atomic mass is 10.1. The van der Waals surface area contributed by atoms with E-state index in [4.69, 9.17) is 4.98 Å². The second kappa shape index (κ2) is 6.88. The summed E-state index contributed by atoms with van der Waals surface area (Å²) in [6.45, 7) is 2.18. The molecule has 1 atom stereocenters. The van der Waals surface area contributed by atoms with Gasteiger partial charge in [0.25, 0.3) is 5.91 Å². The Morgan fingerprint density at radius 2 is 2.04 bits per heavy atom. The molecule has 0 bridgehead atoms. The lowest BCUT2D eigenvalue weighted by Gasteiger charge is -2.23. The molecule has 0 aliphatic carbocycles. The van der Waals surface area contributed by atoms with Crippen molar-refractivity contribution < 1.29 is 9.59 Å². The average molecular weight is 365 g/mol. The molecule has 2 amide bonds. The van der Waals surface area contributed by atoms with Gasteiger partial charge in [0.2, 0.25) is 5.91 Å². The van der Waals surface area contributed by atoms with Crippen LogP contribution in [0.3, 0.4) is 0 Å². The van der Waals surface area contributed by atoms with Crippen molar-refractivity contribution in [2.75, 3.05) is 11.9 Å². The molecular formula is C20H19N3O2S. The number of nitrogens with zero attached hydrogens (tertiary/aromatic N) is 2. The molecule has 2 heterocycles. The van der Waals surface area contributed by atoms with E-state index in [0.717, 1.165) is 34.6 Å². The molecule has 1 aromatic heterocycles. The maximum absolute atomic E-state index is 13.1. The van der Waals surface area contributed by atoms with E-state index in [0.29, 0.717) is 11.3 Å². The molecule has 26 heavy (non-hydrogen) atoms. The highest BCUT2D eigenvalue weighted by Crippen LogP contribution is 2.37. The molecule has 0 spiro atoms. The highest BCUT2D eigenvalue weighted by Gasteiger charge is 2.32. The maximum atomic E-state index is 13.1. The standard InChI is InChI=1S/C20H19N3O2S/c1-13(24)21-15-7-4-6-14(12-15)20(25)23-11-5-9-17(23)19-22-16-8-2-3-10-18(16)26-19/h2-4,6-8,10,12,17H,5,9,11H2,1H3,(H,21,24)/t17-/m1/s1. The van der Waals surface area contributed by atoms with Crippen molar-refractivity contribution in [2.24, 2.45) is 0 Å². The summed E-state index contributed by atoms with van der Waals surface area (Å²) < 4.78 is 1.15. The summed E-state index contributed by atoms with van der Waals surface area (Å²) in [5, 5.41) is 3.73. The van der Waals surface area contributed by atoms with Gasteiger partial charge in [-0.3, -0.25) is 9.59 Å². The zero-order chi connectivity index (χ0) is 18.1. The number of thiazole rings is 1. The molecule has 6 heteroatoms. The summed E-state index contributed by atoms with van der Waals surface area (Å²) in [5.41, 5.74) is 2.21. The van der Waals surface area contributed by atoms with Gasteiger partial charge in [-0.05, 0) is 43.2 Å². The third kappa shape index (κ3) is 3.20. The van der Waals surface area contributed by atoms with E-state index in [2.05, 4.69) is 11.4 Å². The molecule has 2 aromatic carbocycles. The molecule has 0 radical (unpaired) electrons. The molecule has 132 valence electrons. The number of anilines is 1. The molecule has 1 saturated heterocycles. The molecule has 4 rings (SSSR count). The van der Waals surface area contributed by atoms with Gasteiger partial charge in [-0.15, -0.1) is 11.3 Å². The normalized spacial score (nSPS) is 16.8. The van der Waals surface area contributed by atoms with Gasteiger partial charge in [0, 0.05) is 24.7 Å². The molecule has 0 unspecified atom stereocenters. The monoisotopic (exact) mass is 365 g/mol. The number of carbonyl (C=O) groups is 2. The van der Waals surface area contributed by atoms with E-state index in [1.54, 1.807) is 35.6 Å². The zero-order valence-electron chi connectivity index (χ0n) is 14.4. The van der Waals surface area contributed by atoms with Crippen molar-refractivity contribution in [1.29, 1.82) is 0 Å². The minimum absolute atomic E-state index is 0.0149. The van der Waals surface area contributed by atoms with Crippen molar-refractivity contribution >= 4 is 39.1 Å². The zero-order valence-corrected chi connectivity index (χ0v) is 15.3. The molecule has 5 nitrogen and oxygen atoms in total. The average Bonchev–Trinajstić information content (AvgIpc) is 3.27. The second-order valence-corrected chi connectivity index (χ2v) is 7.50. The Morgan fingerprint density at radius 3 is 2.85 bits per heavy atom. The van der Waals surface area contributed by atoms with E-state index in [9.17, 15) is 9.59 Å². The van der Waals surface area contributed by atoms with Crippen molar-refractivity contribution in [3.8, 4) is 0 Å². The number of benzene rings is 2. The number of rotatable bonds is 3. The number of hydrogen-bond donors (Lipinski definition) is 1. The van der Waals surface area contributed by atoms with Crippen LogP contribution in [0.4, 0.5) is 5.69 Å². The molecule has 1 fully saturated rings. The van der Waals surface area contributed by atoms with Crippen LogP contribution in [-0.2, 0) is 4.79 Å². The number of nitrogens with one attached hydrogen (secondary N) is 1. The highest BCUT2D eigenvalue weighted by molar-refractivity contribution is 7.18. The minimum Gasteiger partial charge on any atom is -0.329 e. The van der Waals surface area contributed by atoms with Gasteiger partial charge in [-0.1, -0.05) is 18.2 Å². The Morgan fingerprint density at radius 1 is 1.19 bits per heavy atom. The minimum atomic E-state index is -0.150. The first-order valence-electron chi connectivity index (χ1n) is 8.66. The van der Waals surface area contributed by atoms with Crippen molar-refractivity contribution in [1.82, 2.24) is 9.88 Å². The van der Waals surface area contributed by atoms with Crippen LogP contribution in [0.1, 0.15) is 41.2 Å². The number of para-hydroxylation sites is 1. The largest absolute Gasteiger partial charge is 0.329 e. The predicted octanol–water partition coefficient (Wildman–Crippen LogP) is 4.23. The van der Waals surface area contributed by atoms with Crippen LogP contribution in [0.15, 0.2) is 48.5 Å². The van der Waals surface area contributed by atoms with Gasteiger partial charge < -0.3 is 10.2 Å². The van der Waals surface area contributed by atoms with E-state index < -0.39 is 0 Å². The fourth-order valence-corrected chi connectivity index (χ4v) is 4.51. The topological polar surface area (TPSA) is 62.3 Å². The Kier molecular flexibility index (Phi) is 4.42. The molecule has 3 aromatic rings. The Hall–Kier alpha value is -2.73. The Labute approximate surface area is 155 Å². The summed E-state index contributed by atoms with van der Waals surface area (Å²) >= 11 is 1.66. The number of carbonyl (C=O) groups excluding carboxylic acids is 2. The van der Waals surface area contributed by atoms with Crippen LogP contribution >= 0.6 is 11.3 Å². The third-order valence-corrected chi connectivity index (χ3v) is 5.68. The maximum Gasteiger partial charge on any atom is 0.254 e. The van der Waals surface area contributed by atoms with E-state index >= 15 is 0 Å². The molecule has 1 aliphatic rings. The van der Waals surface area contributed by atoms with Crippen LogP contribution in [-0.4, -0.2) is 28.2 Å². The van der Waals surface area contributed by atoms with Crippen molar-refractivity contribution in [3.05, 3.63) is 59.1 Å². The van der Waals surface area contributed by atoms with Gasteiger partial charge in [0.1, 0.15) is 5.01 Å². The number of hydrogen-bond acceptors (Lipinski definition) is 4. The van der Waals surface area contributed by atoms with Crippen LogP contribution in [0.5, 0.6) is 0 Å². The molecular weight excluding hydrogens is 346 g/mol. The van der Waals surface area contributed by atoms with Gasteiger partial charge in [0.15, 0.2) is 0 Å². The van der Waals surface area contributed by atoms with Crippen LogP contribution in [0.25, 0.3) is 10.2 Å². The summed E-state index contributed by atoms with van der Waals surface area (Å²) in [6.07, 6.45) is 1.90. The predicted molar refractivity (Wildman–Crippen MR) is 103 cm³/mol. The first-order chi connectivity index (χ1) is 12.6. The molecule has 1 N–H and O–H groups in total. The molecule has 1 aliphatic heterocycles. The summed E-state index contributed by atoms with van der Waals surface area (Å²) in [6, 6.07) is 15.2. The number of likely N-dealkylation sites (tertiary alicyclic amines) is 1. The summed E-state index contributed by atoms with van der Waals surface area (Å²) in [5.74, 6) is -0.165. The van der Waals surface area contributed by atoms with Crippen molar-refractivity contribution in [2.45, 2.75) is 25.8 Å². The Bertz CT molecular complexity index is 949. The number of fused-ring (bicyclic) bond motifs is 1. The highest BCUT2D eigenvalue weighted by atomic mass is 32.1. The van der Waals surface area contributed by atoms with Gasteiger partial charge in [-0.2, -0.15) is 0 Å². The van der Waals surface area contributed by atoms with Crippen LogP contribution in [0, 0.1) is 0 Å². The first kappa shape index (κ1) is 16.7. The van der Waals surface area contributed by atoms with Gasteiger partial charge in [0.05, 0.1) is 16.3 Å². The van der Waals surface area contributed by atoms with Crippen molar-refractivity contribution in [3.63, 3.8) is 0 Å². The molecule has 0 saturated carbocycles. The van der Waals surface area contributed by atoms with E-state index in [-0.39, 0.29) is 17.9 Å². The number of amides is 2. The van der Waals surface area contributed by atoms with E-state index in [1.807, 2.05) is 23.1 Å². The third-order valence-electron chi connectivity index (χ3n) is 4.54. The Balaban J connectivity index is 1.61. The first-order valence-corrected chi connectivity index (χ1v) is 9.47.